The lowest BCUT2D eigenvalue weighted by molar-refractivity contribution is -0.145. The lowest BCUT2D eigenvalue weighted by Crippen LogP contribution is -2.45. The number of carbonyl (C=O) groups excluding carboxylic acids is 3. The Balaban J connectivity index is 1.66. The standard InChI is InChI=1S/C22H21BrN2O4/c1-13(2)20(25-21(27)15-8-3-5-9-17(15)23)22(28)29-12-19(26)16-11-24-18-10-6-4-7-14(16)18/h3-11,13,20,24H,12H2,1-2H3,(H,25,27)/t20-/m0/s1. The molecule has 0 saturated heterocycles. The Bertz CT molecular complexity index is 1060. The van der Waals surface area contributed by atoms with Gasteiger partial charge in [-0.05, 0) is 40.0 Å². The fourth-order valence-corrected chi connectivity index (χ4v) is 3.43. The van der Waals surface area contributed by atoms with Crippen molar-refractivity contribution >= 4 is 44.5 Å². The van der Waals surface area contributed by atoms with Crippen molar-refractivity contribution in [2.45, 2.75) is 19.9 Å². The summed E-state index contributed by atoms with van der Waals surface area (Å²) in [6.07, 6.45) is 1.61. The van der Waals surface area contributed by atoms with Gasteiger partial charge < -0.3 is 15.0 Å². The van der Waals surface area contributed by atoms with Crippen LogP contribution in [0, 0.1) is 5.92 Å². The Kier molecular flexibility index (Phi) is 6.49. The number of H-pyrrole nitrogens is 1. The smallest absolute Gasteiger partial charge is 0.329 e. The molecule has 0 aliphatic rings. The van der Waals surface area contributed by atoms with E-state index in [2.05, 4.69) is 26.2 Å². The molecule has 0 radical (unpaired) electrons. The first kappa shape index (κ1) is 20.8. The molecule has 1 heterocycles. The van der Waals surface area contributed by atoms with E-state index in [4.69, 9.17) is 4.74 Å². The van der Waals surface area contributed by atoms with Gasteiger partial charge in [-0.1, -0.05) is 44.2 Å². The molecule has 6 nitrogen and oxygen atoms in total. The number of amides is 1. The summed E-state index contributed by atoms with van der Waals surface area (Å²) in [6, 6.07) is 13.5. The van der Waals surface area contributed by atoms with Crippen LogP contribution in [0.2, 0.25) is 0 Å². The van der Waals surface area contributed by atoms with Crippen molar-refractivity contribution < 1.29 is 19.1 Å². The maximum absolute atomic E-state index is 12.6. The summed E-state index contributed by atoms with van der Waals surface area (Å²) >= 11 is 3.33. The van der Waals surface area contributed by atoms with E-state index >= 15 is 0 Å². The van der Waals surface area contributed by atoms with Crippen LogP contribution in [-0.2, 0) is 9.53 Å². The lowest BCUT2D eigenvalue weighted by atomic mass is 10.0. The number of aromatic amines is 1. The summed E-state index contributed by atoms with van der Waals surface area (Å²) < 4.78 is 5.87. The molecule has 3 rings (SSSR count). The molecule has 3 aromatic rings. The average Bonchev–Trinajstić information content (AvgIpc) is 3.14. The van der Waals surface area contributed by atoms with E-state index in [1.165, 1.54) is 0 Å². The van der Waals surface area contributed by atoms with E-state index in [9.17, 15) is 14.4 Å². The number of halogens is 1. The van der Waals surface area contributed by atoms with Gasteiger partial charge >= 0.3 is 5.97 Å². The van der Waals surface area contributed by atoms with Gasteiger partial charge in [-0.3, -0.25) is 9.59 Å². The molecule has 0 saturated carbocycles. The van der Waals surface area contributed by atoms with Gasteiger partial charge in [0.25, 0.3) is 5.91 Å². The largest absolute Gasteiger partial charge is 0.456 e. The van der Waals surface area contributed by atoms with Crippen molar-refractivity contribution in [3.63, 3.8) is 0 Å². The fourth-order valence-electron chi connectivity index (χ4n) is 2.97. The summed E-state index contributed by atoms with van der Waals surface area (Å²) in [7, 11) is 0. The summed E-state index contributed by atoms with van der Waals surface area (Å²) in [5.41, 5.74) is 1.72. The Morgan fingerprint density at radius 1 is 1.03 bits per heavy atom. The highest BCUT2D eigenvalue weighted by atomic mass is 79.9. The first-order valence-electron chi connectivity index (χ1n) is 9.20. The third kappa shape index (κ3) is 4.74. The second-order valence-electron chi connectivity index (χ2n) is 6.95. The zero-order valence-corrected chi connectivity index (χ0v) is 17.7. The lowest BCUT2D eigenvalue weighted by Gasteiger charge is -2.21. The zero-order chi connectivity index (χ0) is 21.0. The van der Waals surface area contributed by atoms with Gasteiger partial charge in [0.1, 0.15) is 6.04 Å². The monoisotopic (exact) mass is 456 g/mol. The van der Waals surface area contributed by atoms with E-state index in [-0.39, 0.29) is 11.7 Å². The van der Waals surface area contributed by atoms with Gasteiger partial charge in [0.2, 0.25) is 5.78 Å². The van der Waals surface area contributed by atoms with Gasteiger partial charge in [-0.25, -0.2) is 4.79 Å². The van der Waals surface area contributed by atoms with E-state index < -0.39 is 24.5 Å². The van der Waals surface area contributed by atoms with Crippen LogP contribution in [0.1, 0.15) is 34.6 Å². The molecule has 1 amide bonds. The quantitative estimate of drug-likeness (QED) is 0.413. The molecule has 0 unspecified atom stereocenters. The molecule has 0 aliphatic heterocycles. The summed E-state index contributed by atoms with van der Waals surface area (Å²) in [6.45, 7) is 3.20. The number of para-hydroxylation sites is 1. The Labute approximate surface area is 176 Å². The summed E-state index contributed by atoms with van der Waals surface area (Å²) in [4.78, 5) is 40.6. The molecule has 2 aromatic carbocycles. The van der Waals surface area contributed by atoms with E-state index in [0.29, 0.717) is 15.6 Å². The molecule has 150 valence electrons. The third-order valence-electron chi connectivity index (χ3n) is 4.56. The summed E-state index contributed by atoms with van der Waals surface area (Å²) in [5, 5.41) is 3.47. The van der Waals surface area contributed by atoms with E-state index in [1.807, 2.05) is 24.3 Å². The highest BCUT2D eigenvalue weighted by Gasteiger charge is 2.27. The third-order valence-corrected chi connectivity index (χ3v) is 5.25. The number of aromatic nitrogens is 1. The molecule has 7 heteroatoms. The predicted molar refractivity (Wildman–Crippen MR) is 114 cm³/mol. The van der Waals surface area contributed by atoms with Gasteiger partial charge in [0.15, 0.2) is 6.61 Å². The number of fused-ring (bicyclic) bond motifs is 1. The molecule has 0 fully saturated rings. The van der Waals surface area contributed by atoms with Crippen LogP contribution < -0.4 is 5.32 Å². The molecule has 29 heavy (non-hydrogen) atoms. The van der Waals surface area contributed by atoms with Crippen LogP contribution in [0.3, 0.4) is 0 Å². The number of benzene rings is 2. The Morgan fingerprint density at radius 3 is 2.45 bits per heavy atom. The normalized spacial score (nSPS) is 12.0. The van der Waals surface area contributed by atoms with Gasteiger partial charge in [0, 0.05) is 27.1 Å². The number of hydrogen-bond donors (Lipinski definition) is 2. The second kappa shape index (κ2) is 9.05. The molecule has 2 N–H and O–H groups in total. The second-order valence-corrected chi connectivity index (χ2v) is 7.81. The molecule has 0 spiro atoms. The fraction of sp³-hybridized carbons (Fsp3) is 0.227. The van der Waals surface area contributed by atoms with E-state index in [1.54, 1.807) is 44.3 Å². The van der Waals surface area contributed by atoms with Crippen molar-refractivity contribution in [1.29, 1.82) is 0 Å². The van der Waals surface area contributed by atoms with Crippen LogP contribution in [0.5, 0.6) is 0 Å². The molecule has 0 bridgehead atoms. The number of nitrogens with one attached hydrogen (secondary N) is 2. The van der Waals surface area contributed by atoms with Crippen molar-refractivity contribution in [1.82, 2.24) is 10.3 Å². The van der Waals surface area contributed by atoms with Crippen LogP contribution in [0.15, 0.2) is 59.2 Å². The maximum atomic E-state index is 12.6. The van der Waals surface area contributed by atoms with Crippen molar-refractivity contribution in [3.05, 3.63) is 70.3 Å². The number of esters is 1. The highest BCUT2D eigenvalue weighted by Crippen LogP contribution is 2.19. The van der Waals surface area contributed by atoms with Crippen LogP contribution >= 0.6 is 15.9 Å². The first-order valence-corrected chi connectivity index (χ1v) is 9.99. The minimum absolute atomic E-state index is 0.211. The van der Waals surface area contributed by atoms with Gasteiger partial charge in [-0.15, -0.1) is 0 Å². The highest BCUT2D eigenvalue weighted by molar-refractivity contribution is 9.10. The number of hydrogen-bond acceptors (Lipinski definition) is 4. The molecule has 0 aliphatic carbocycles. The Hall–Kier alpha value is -2.93. The average molecular weight is 457 g/mol. The number of ketones is 1. The van der Waals surface area contributed by atoms with Gasteiger partial charge in [0.05, 0.1) is 5.56 Å². The number of rotatable bonds is 7. The maximum Gasteiger partial charge on any atom is 0.329 e. The van der Waals surface area contributed by atoms with Gasteiger partial charge in [-0.2, -0.15) is 0 Å². The minimum atomic E-state index is -0.870. The molecular formula is C22H21BrN2O4. The molecule has 1 atom stereocenters. The Morgan fingerprint density at radius 2 is 1.72 bits per heavy atom. The number of ether oxygens (including phenoxy) is 1. The van der Waals surface area contributed by atoms with E-state index in [0.717, 1.165) is 10.9 Å². The van der Waals surface area contributed by atoms with Crippen LogP contribution in [0.25, 0.3) is 10.9 Å². The minimum Gasteiger partial charge on any atom is -0.456 e. The number of carbonyl (C=O) groups is 3. The first-order chi connectivity index (χ1) is 13.9. The van der Waals surface area contributed by atoms with Crippen molar-refractivity contribution in [2.75, 3.05) is 6.61 Å². The molecule has 1 aromatic heterocycles. The predicted octanol–water partition coefficient (Wildman–Crippen LogP) is 4.11. The number of Topliss-reactive ketones (excluding diaryl/α,β-unsaturated/α-hetero) is 1. The van der Waals surface area contributed by atoms with Crippen molar-refractivity contribution in [2.24, 2.45) is 5.92 Å². The van der Waals surface area contributed by atoms with Crippen LogP contribution in [0.4, 0.5) is 0 Å². The topological polar surface area (TPSA) is 88.3 Å². The summed E-state index contributed by atoms with van der Waals surface area (Å²) in [5.74, 6) is -1.56. The molecular weight excluding hydrogens is 436 g/mol. The van der Waals surface area contributed by atoms with Crippen LogP contribution in [-0.4, -0.2) is 35.3 Å². The zero-order valence-electron chi connectivity index (χ0n) is 16.1. The van der Waals surface area contributed by atoms with Crippen molar-refractivity contribution in [3.8, 4) is 0 Å². The SMILES string of the molecule is CC(C)[C@H](NC(=O)c1ccccc1Br)C(=O)OCC(=O)c1c[nH]c2ccccc12.